The third-order valence-corrected chi connectivity index (χ3v) is 10.5. The van der Waals surface area contributed by atoms with E-state index in [1.54, 1.807) is 24.5 Å². The van der Waals surface area contributed by atoms with Crippen LogP contribution >= 0.6 is 22.0 Å². The molecule has 2 aliphatic heterocycles. The Hall–Kier alpha value is -7.02. The largest absolute Gasteiger partial charge is 3.00 e. The van der Waals surface area contributed by atoms with E-state index < -0.39 is 200 Å². The van der Waals surface area contributed by atoms with Crippen LogP contribution in [0.3, 0.4) is 0 Å². The maximum atomic E-state index is 11.3. The van der Waals surface area contributed by atoms with Crippen LogP contribution in [0.25, 0.3) is 9.44 Å². The first-order valence-electron chi connectivity index (χ1n) is 22.0. The molecule has 0 amide bonds. The van der Waals surface area contributed by atoms with E-state index in [4.69, 9.17) is 0 Å². The second kappa shape index (κ2) is 49.3. The quantitative estimate of drug-likeness (QED) is 0.0600. The first-order valence-corrected chi connectivity index (χ1v) is 26.8. The summed E-state index contributed by atoms with van der Waals surface area (Å²) in [6.07, 6.45) is -68.4. The molecule has 0 spiro atoms. The van der Waals surface area contributed by atoms with Crippen LogP contribution < -0.4 is 30.6 Å². The minimum atomic E-state index is -5.46. The minimum Gasteiger partial charge on any atom is -2.00 e. The van der Waals surface area contributed by atoms with Crippen LogP contribution in [-0.2, 0) is 128 Å². The van der Waals surface area contributed by atoms with Gasteiger partial charge in [-0.25, -0.2) is 8.42 Å². The molecule has 108 heavy (non-hydrogen) atoms. The van der Waals surface area contributed by atoms with Crippen LogP contribution in [0.4, 0.5) is 158 Å². The number of aromatic nitrogens is 2. The predicted molar refractivity (Wildman–Crippen MR) is 252 cm³/mol. The molecule has 0 saturated carbocycles. The van der Waals surface area contributed by atoms with E-state index in [1.807, 2.05) is 24.3 Å². The van der Waals surface area contributed by atoms with E-state index in [1.165, 1.54) is 0 Å². The third kappa shape index (κ3) is 55.4. The molecule has 4 rings (SSSR count). The van der Waals surface area contributed by atoms with Gasteiger partial charge in [-0.1, -0.05) is 12.1 Å². The van der Waals surface area contributed by atoms with E-state index in [-0.39, 0.29) is 79.2 Å². The van der Waals surface area contributed by atoms with Crippen LogP contribution in [0.1, 0.15) is 11.4 Å². The second-order valence-corrected chi connectivity index (χ2v) is 19.7. The van der Waals surface area contributed by atoms with Gasteiger partial charge in [-0.15, -0.1) is 0 Å². The van der Waals surface area contributed by atoms with Gasteiger partial charge >= 0.3 is 142 Å². The Balaban J connectivity index is -0.000000126. The van der Waals surface area contributed by atoms with Crippen molar-refractivity contribution in [3.8, 4) is 0 Å². The first-order chi connectivity index (χ1) is 45.0. The topological polar surface area (TPSA) is 411 Å². The fourth-order valence-electron chi connectivity index (χ4n) is 3.22. The number of hydrogen-bond acceptors (Lipinski definition) is 20. The summed E-state index contributed by atoms with van der Waals surface area (Å²) in [6, 6.07) is 10.9. The van der Waals surface area contributed by atoms with E-state index in [2.05, 4.69) is 28.2 Å². The fraction of sp³-hybridized carbons (Fsp3) is 0.286. The smallest absolute Gasteiger partial charge is 2.00 e. The zero-order valence-electron chi connectivity index (χ0n) is 48.0. The van der Waals surface area contributed by atoms with Crippen LogP contribution in [0, 0.1) is 0 Å². The fourth-order valence-corrected chi connectivity index (χ4v) is 5.90. The molecule has 0 aliphatic carbocycles. The summed E-state index contributed by atoms with van der Waals surface area (Å²) in [5.74, 6) is -33.0. The van der Waals surface area contributed by atoms with Crippen molar-refractivity contribution in [1.29, 1.82) is 0 Å². The average molecular weight is 1890 g/mol. The predicted octanol–water partition coefficient (Wildman–Crippen LogP) is 8.18. The molecule has 0 saturated heterocycles. The summed E-state index contributed by atoms with van der Waals surface area (Å²) in [6.45, 7) is 0. The van der Waals surface area contributed by atoms with Crippen molar-refractivity contribution in [2.24, 2.45) is 8.80 Å². The molecule has 66 heteroatoms. The summed E-state index contributed by atoms with van der Waals surface area (Å²) >= 11 is 0. The van der Waals surface area contributed by atoms with E-state index in [0.29, 0.717) is 23.1 Å². The van der Waals surface area contributed by atoms with Crippen LogP contribution in [0.2, 0.25) is 0 Å². The first kappa shape index (κ1) is 122. The van der Waals surface area contributed by atoms with E-state index in [9.17, 15) is 226 Å². The molecule has 0 aromatic carbocycles. The molecule has 0 bridgehead atoms. The number of rotatable bonds is 8. The summed E-state index contributed by atoms with van der Waals surface area (Å²) in [7, 11) is -0.604. The Morgan fingerprint density at radius 3 is 0.537 bits per heavy atom. The molecule has 2 atom stereocenters. The van der Waals surface area contributed by atoms with Crippen molar-refractivity contribution in [3.63, 3.8) is 0 Å². The molecular weight excluding hydrogens is 1880 g/mol. The standard InChI is InChI=1S/2C6H4N3OS2.6C5H2F6O2.4Fe.2O/c2*10-12-9-6(8-11-12)5-3-1-2-4-7-5;6*6-4(7,8)2(12)1-3(13)5(9,10)11;;;;;;/h2*1-4H;6*1,12H;;;;;;/q2*-1;;;;;;;4*+3;2*-2/p-6/b;;6*2-1-;;;;;;/t2*12-;;;;;;;;;;;;/m00............/s1. The maximum Gasteiger partial charge on any atom is 3.00 e. The van der Waals surface area contributed by atoms with Crippen molar-refractivity contribution < 1.29 is 305 Å². The summed E-state index contributed by atoms with van der Waals surface area (Å²) in [4.78, 5) is 67.0. The van der Waals surface area contributed by atoms with Gasteiger partial charge in [0.2, 0.25) is 0 Å². The Bertz CT molecular complexity index is 3020. The number of carbonyl (C=O) groups excluding carboxylic acids is 6. The molecule has 4 heterocycles. The second-order valence-electron chi connectivity index (χ2n) is 15.2. The van der Waals surface area contributed by atoms with E-state index in [0.717, 1.165) is 22.0 Å². The molecule has 616 valence electrons. The Labute approximate surface area is 624 Å². The molecule has 0 fully saturated rings. The van der Waals surface area contributed by atoms with Crippen LogP contribution in [0.15, 0.2) is 129 Å². The van der Waals surface area contributed by atoms with Crippen molar-refractivity contribution >= 4 is 88.4 Å². The van der Waals surface area contributed by atoms with Gasteiger partial charge in [0.15, 0.2) is 0 Å². The maximum absolute atomic E-state index is 11.3. The van der Waals surface area contributed by atoms with E-state index >= 15 is 0 Å². The van der Waals surface area contributed by atoms with Gasteiger partial charge < -0.3 is 59.8 Å². The molecule has 2 aromatic heterocycles. The summed E-state index contributed by atoms with van der Waals surface area (Å²) in [5, 5.41) is 58.9. The van der Waals surface area contributed by atoms with Gasteiger partial charge in [-0.05, 0) is 129 Å². The number of hydrogen-bond donors (Lipinski definition) is 0. The van der Waals surface area contributed by atoms with Gasteiger partial charge in [-0.3, -0.25) is 38.7 Å². The number of nitrogens with zero attached hydrogens (tertiary/aromatic N) is 6. The Kier molecular flexibility index (Phi) is 55.6. The Morgan fingerprint density at radius 1 is 0.296 bits per heavy atom. The number of amidine groups is 2. The molecule has 0 N–H and O–H groups in total. The van der Waals surface area contributed by atoms with Crippen LogP contribution in [-0.4, -0.2) is 139 Å². The molecule has 0 unspecified atom stereocenters. The molecule has 4 radical (unpaired) electrons. The summed E-state index contributed by atoms with van der Waals surface area (Å²) in [5.41, 5.74) is 1.33. The van der Waals surface area contributed by atoms with Crippen molar-refractivity contribution in [2.45, 2.75) is 74.1 Å². The minimum absolute atomic E-state index is 0. The SMILES string of the molecule is O=C(/C=C(\[O-])C(F)(F)F)C(F)(F)F.O=C(/C=C(\[O-])C(F)(F)F)C(F)(F)F.O=C(/C=C(\[O-])C(F)(F)F)C(F)(F)F.O=C(/C=C(\[O-])C(F)(F)F)C(F)(F)F.O=C(/C=C(\[O-])C(F)(F)F)C(F)(F)F.O=C(/C=C(\[O-])C(F)(F)F)C(F)(F)F.O=[S@@]1[N-]C(c2ccccn2)=NS1.O=[S@@]1[N-]C(c2ccccn2)=NS1.[Fe+3].[Fe+3].[Fe+3].[Fe+3].[O-2].[O-2]. The van der Waals surface area contributed by atoms with Gasteiger partial charge in [0.1, 0.15) is 20.0 Å². The van der Waals surface area contributed by atoms with Crippen molar-refractivity contribution in [1.82, 2.24) is 9.97 Å². The number of allylic oxidation sites excluding steroid dienone is 12. The normalized spacial score (nSPS) is 15.3. The van der Waals surface area contributed by atoms with Gasteiger partial charge in [-0.2, -0.15) is 158 Å². The third-order valence-electron chi connectivity index (χ3n) is 7.41. The number of pyridine rings is 2. The number of alkyl halides is 36. The number of ketones is 6. The Morgan fingerprint density at radius 2 is 0.444 bits per heavy atom. The van der Waals surface area contributed by atoms with Crippen molar-refractivity contribution in [2.75, 3.05) is 0 Å². The van der Waals surface area contributed by atoms with Crippen molar-refractivity contribution in [3.05, 3.63) is 141 Å². The van der Waals surface area contributed by atoms with Gasteiger partial charge in [0.25, 0.3) is 34.7 Å². The zero-order valence-corrected chi connectivity index (χ0v) is 55.6. The van der Waals surface area contributed by atoms with Crippen LogP contribution in [0.5, 0.6) is 0 Å². The van der Waals surface area contributed by atoms with Gasteiger partial charge in [0, 0.05) is 12.4 Å². The molecule has 2 aromatic rings. The molecular formula is C42H14F36Fe4N6O16S4. The van der Waals surface area contributed by atoms with Gasteiger partial charge in [0.05, 0.1) is 11.4 Å². The molecule has 2 aliphatic rings. The summed E-state index contributed by atoms with van der Waals surface area (Å²) < 4.78 is 444. The molecule has 22 nitrogen and oxygen atoms in total. The number of carbonyl (C=O) groups is 6. The zero-order chi connectivity index (χ0) is 81.9. The number of halogens is 36. The monoisotopic (exact) mass is 1890 g/mol. The average Bonchev–Trinajstić information content (AvgIpc) is 0.923.